The lowest BCUT2D eigenvalue weighted by atomic mass is 10.2. The van der Waals surface area contributed by atoms with Gasteiger partial charge in [0.1, 0.15) is 9.30 Å². The number of aromatic nitrogens is 3. The van der Waals surface area contributed by atoms with Crippen molar-refractivity contribution in [2.75, 3.05) is 0 Å². The fraction of sp³-hybridized carbons (Fsp3) is 0.727. The number of ether oxygens (including phenoxy) is 1. The van der Waals surface area contributed by atoms with Gasteiger partial charge in [0.25, 0.3) is 0 Å². The minimum atomic E-state index is -0.472. The summed E-state index contributed by atoms with van der Waals surface area (Å²) in [6, 6.07) is 0.0600. The largest absolute Gasteiger partial charge is 0.444 e. The highest BCUT2D eigenvalue weighted by molar-refractivity contribution is 14.1. The lowest BCUT2D eigenvalue weighted by Gasteiger charge is -2.34. The van der Waals surface area contributed by atoms with Gasteiger partial charge in [-0.1, -0.05) is 5.21 Å². The maximum absolute atomic E-state index is 12.1. The van der Waals surface area contributed by atoms with Crippen LogP contribution in [0.2, 0.25) is 0 Å². The lowest BCUT2D eigenvalue weighted by molar-refractivity contribution is 0.00894. The first-order valence-corrected chi connectivity index (χ1v) is 6.93. The van der Waals surface area contributed by atoms with E-state index in [1.165, 1.54) is 0 Å². The Labute approximate surface area is 120 Å². The average Bonchev–Trinajstić information content (AvgIpc) is 2.56. The molecular formula is C11H17IN4O2. The molecule has 6 nitrogen and oxygen atoms in total. The van der Waals surface area contributed by atoms with Gasteiger partial charge in [-0.05, 0) is 50.3 Å². The number of nitrogens with zero attached hydrogens (tertiary/aromatic N) is 4. The molecule has 7 heteroatoms. The van der Waals surface area contributed by atoms with E-state index in [-0.39, 0.29) is 12.1 Å². The summed E-state index contributed by atoms with van der Waals surface area (Å²) < 4.78 is 8.11. The third-order valence-corrected chi connectivity index (χ3v) is 3.55. The van der Waals surface area contributed by atoms with Crippen LogP contribution in [0.5, 0.6) is 0 Å². The van der Waals surface area contributed by atoms with Gasteiger partial charge in [0, 0.05) is 0 Å². The number of fused-ring (bicyclic) bond motifs is 1. The topological polar surface area (TPSA) is 60.2 Å². The number of rotatable bonds is 0. The molecule has 1 unspecified atom stereocenters. The van der Waals surface area contributed by atoms with Crippen molar-refractivity contribution in [1.82, 2.24) is 19.9 Å². The minimum Gasteiger partial charge on any atom is -0.444 e. The molecule has 0 saturated heterocycles. The van der Waals surface area contributed by atoms with Crippen LogP contribution >= 0.6 is 22.6 Å². The lowest BCUT2D eigenvalue weighted by Crippen LogP contribution is -2.47. The summed E-state index contributed by atoms with van der Waals surface area (Å²) in [6.45, 7) is 8.76. The second-order valence-electron chi connectivity index (χ2n) is 5.47. The van der Waals surface area contributed by atoms with Crippen LogP contribution in [0.3, 0.4) is 0 Å². The van der Waals surface area contributed by atoms with Gasteiger partial charge in [0.15, 0.2) is 0 Å². The predicted molar refractivity (Wildman–Crippen MR) is 74.0 cm³/mol. The summed E-state index contributed by atoms with van der Waals surface area (Å²) in [5, 5.41) is 8.08. The van der Waals surface area contributed by atoms with Crippen molar-refractivity contribution in [3.05, 3.63) is 9.39 Å². The molecule has 1 aromatic rings. The third-order valence-electron chi connectivity index (χ3n) is 2.71. The monoisotopic (exact) mass is 364 g/mol. The molecule has 100 valence electrons. The summed E-state index contributed by atoms with van der Waals surface area (Å²) in [5.41, 5.74) is 0.499. The van der Waals surface area contributed by atoms with E-state index in [1.54, 1.807) is 4.90 Å². The molecule has 2 heterocycles. The number of hydrogen-bond donors (Lipinski definition) is 0. The highest BCUT2D eigenvalue weighted by atomic mass is 127. The summed E-state index contributed by atoms with van der Waals surface area (Å²) in [4.78, 5) is 13.8. The zero-order chi connectivity index (χ0) is 13.5. The summed E-state index contributed by atoms with van der Waals surface area (Å²) >= 11 is 2.13. The zero-order valence-corrected chi connectivity index (χ0v) is 13.1. The molecule has 1 atom stereocenters. The van der Waals surface area contributed by atoms with Crippen molar-refractivity contribution in [2.24, 2.45) is 0 Å². The van der Waals surface area contributed by atoms with Crippen LogP contribution in [0.4, 0.5) is 4.79 Å². The Morgan fingerprint density at radius 2 is 2.17 bits per heavy atom. The Bertz CT molecular complexity index is 466. The molecule has 1 aliphatic rings. The van der Waals surface area contributed by atoms with E-state index in [2.05, 4.69) is 32.9 Å². The number of hydrogen-bond acceptors (Lipinski definition) is 4. The van der Waals surface area contributed by atoms with Gasteiger partial charge in [-0.25, -0.2) is 9.48 Å². The fourth-order valence-corrected chi connectivity index (χ4v) is 2.38. The van der Waals surface area contributed by atoms with E-state index < -0.39 is 5.60 Å². The van der Waals surface area contributed by atoms with Crippen molar-refractivity contribution >= 4 is 28.7 Å². The number of halogens is 1. The molecule has 0 N–H and O–H groups in total. The van der Waals surface area contributed by atoms with Gasteiger partial charge >= 0.3 is 6.09 Å². The first kappa shape index (κ1) is 13.6. The quantitative estimate of drug-likeness (QED) is 0.661. The molecule has 1 amide bonds. The maximum atomic E-state index is 12.1. The van der Waals surface area contributed by atoms with Gasteiger partial charge in [-0.3, -0.25) is 4.90 Å². The fourth-order valence-electron chi connectivity index (χ4n) is 1.84. The first-order valence-electron chi connectivity index (χ1n) is 5.85. The average molecular weight is 364 g/mol. The van der Waals surface area contributed by atoms with Gasteiger partial charge in [-0.15, -0.1) is 5.10 Å². The number of amides is 1. The second kappa shape index (κ2) is 4.67. The van der Waals surface area contributed by atoms with Crippen molar-refractivity contribution < 1.29 is 9.53 Å². The Morgan fingerprint density at radius 1 is 1.50 bits per heavy atom. The van der Waals surface area contributed by atoms with E-state index in [0.29, 0.717) is 13.1 Å². The predicted octanol–water partition coefficient (Wildman–Crippen LogP) is 2.02. The van der Waals surface area contributed by atoms with Crippen LogP contribution in [0, 0.1) is 3.70 Å². The van der Waals surface area contributed by atoms with Crippen LogP contribution in [0.15, 0.2) is 0 Å². The molecule has 1 aromatic heterocycles. The molecule has 0 aliphatic carbocycles. The molecule has 0 bridgehead atoms. The first-order chi connectivity index (χ1) is 8.28. The zero-order valence-electron chi connectivity index (χ0n) is 11.0. The summed E-state index contributed by atoms with van der Waals surface area (Å²) in [6.07, 6.45) is -0.279. The molecule has 0 saturated carbocycles. The highest BCUT2D eigenvalue weighted by Crippen LogP contribution is 2.22. The van der Waals surface area contributed by atoms with E-state index in [1.807, 2.05) is 32.4 Å². The molecule has 0 spiro atoms. The molecule has 0 radical (unpaired) electrons. The third kappa shape index (κ3) is 2.76. The van der Waals surface area contributed by atoms with E-state index in [9.17, 15) is 4.79 Å². The molecular weight excluding hydrogens is 347 g/mol. The van der Waals surface area contributed by atoms with Crippen molar-refractivity contribution in [2.45, 2.75) is 52.4 Å². The van der Waals surface area contributed by atoms with Crippen LogP contribution in [-0.2, 0) is 17.8 Å². The minimum absolute atomic E-state index is 0.0600. The Kier molecular flexibility index (Phi) is 3.52. The van der Waals surface area contributed by atoms with Gasteiger partial charge in [0.2, 0.25) is 0 Å². The second-order valence-corrected chi connectivity index (χ2v) is 6.49. The van der Waals surface area contributed by atoms with Crippen molar-refractivity contribution in [3.8, 4) is 0 Å². The van der Waals surface area contributed by atoms with E-state index in [0.717, 1.165) is 9.39 Å². The van der Waals surface area contributed by atoms with Crippen LogP contribution < -0.4 is 0 Å². The number of carbonyl (C=O) groups is 1. The van der Waals surface area contributed by atoms with Crippen molar-refractivity contribution in [1.29, 1.82) is 0 Å². The molecule has 2 rings (SSSR count). The van der Waals surface area contributed by atoms with Crippen LogP contribution in [0.25, 0.3) is 0 Å². The Morgan fingerprint density at radius 3 is 2.78 bits per heavy atom. The van der Waals surface area contributed by atoms with Crippen LogP contribution in [-0.4, -0.2) is 37.6 Å². The molecule has 0 fully saturated rings. The van der Waals surface area contributed by atoms with Crippen molar-refractivity contribution in [3.63, 3.8) is 0 Å². The van der Waals surface area contributed by atoms with E-state index >= 15 is 0 Å². The Hall–Kier alpha value is -0.860. The van der Waals surface area contributed by atoms with Gasteiger partial charge in [0.05, 0.1) is 24.8 Å². The SMILES string of the molecule is CC1Cn2nnc(I)c2CN1C(=O)OC(C)(C)C. The standard InChI is InChI=1S/C11H17IN4O2/c1-7-5-16-8(9(12)13-14-16)6-15(7)10(17)18-11(2,3)4/h7H,5-6H2,1-4H3. The normalized spacial score (nSPS) is 19.6. The molecule has 0 aromatic carbocycles. The van der Waals surface area contributed by atoms with Gasteiger partial charge < -0.3 is 4.74 Å². The summed E-state index contributed by atoms with van der Waals surface area (Å²) in [5.74, 6) is 0. The molecule has 18 heavy (non-hydrogen) atoms. The molecule has 1 aliphatic heterocycles. The number of carbonyl (C=O) groups excluding carboxylic acids is 1. The van der Waals surface area contributed by atoms with Crippen LogP contribution in [0.1, 0.15) is 33.4 Å². The van der Waals surface area contributed by atoms with E-state index in [4.69, 9.17) is 4.74 Å². The Balaban J connectivity index is 2.16. The highest BCUT2D eigenvalue weighted by Gasteiger charge is 2.32. The smallest absolute Gasteiger partial charge is 0.410 e. The summed E-state index contributed by atoms with van der Waals surface area (Å²) in [7, 11) is 0. The van der Waals surface area contributed by atoms with Gasteiger partial charge in [-0.2, -0.15) is 0 Å². The maximum Gasteiger partial charge on any atom is 0.410 e.